The van der Waals surface area contributed by atoms with Crippen LogP contribution in [0, 0.1) is 0 Å². The van der Waals surface area contributed by atoms with Crippen LogP contribution in [0.5, 0.6) is 17.2 Å². The van der Waals surface area contributed by atoms with Gasteiger partial charge in [-0.3, -0.25) is 0 Å². The highest BCUT2D eigenvalue weighted by atomic mass is 16.5. The number of aromatic nitrogens is 3. The summed E-state index contributed by atoms with van der Waals surface area (Å²) in [4.78, 5) is 0. The summed E-state index contributed by atoms with van der Waals surface area (Å²) in [6, 6.07) is 22.2. The van der Waals surface area contributed by atoms with Crippen molar-refractivity contribution in [2.45, 2.75) is 0 Å². The first-order chi connectivity index (χ1) is 14.2. The number of rotatable bonds is 6. The Hall–Kier alpha value is -3.80. The molecule has 0 saturated heterocycles. The number of benzene rings is 3. The first-order valence-corrected chi connectivity index (χ1v) is 9.12. The van der Waals surface area contributed by atoms with Crippen LogP contribution in [0.2, 0.25) is 0 Å². The van der Waals surface area contributed by atoms with Gasteiger partial charge in [0.25, 0.3) is 0 Å². The first-order valence-electron chi connectivity index (χ1n) is 9.12. The van der Waals surface area contributed by atoms with E-state index in [-0.39, 0.29) is 0 Å². The molecule has 0 unspecified atom stereocenters. The van der Waals surface area contributed by atoms with Crippen molar-refractivity contribution in [3.05, 3.63) is 72.9 Å². The fraction of sp³-hybridized carbons (Fsp3) is 0.130. The third-order valence-corrected chi connectivity index (χ3v) is 4.70. The molecule has 4 rings (SSSR count). The molecule has 0 N–H and O–H groups in total. The van der Waals surface area contributed by atoms with Gasteiger partial charge in [0.1, 0.15) is 5.69 Å². The second-order valence-corrected chi connectivity index (χ2v) is 6.38. The molecular weight excluding hydrogens is 366 g/mol. The van der Waals surface area contributed by atoms with E-state index in [2.05, 4.69) is 34.6 Å². The van der Waals surface area contributed by atoms with E-state index in [0.29, 0.717) is 17.2 Å². The van der Waals surface area contributed by atoms with Gasteiger partial charge in [-0.1, -0.05) is 59.8 Å². The van der Waals surface area contributed by atoms with Crippen LogP contribution < -0.4 is 14.2 Å². The lowest BCUT2D eigenvalue weighted by Gasteiger charge is -2.13. The number of hydrogen-bond donors (Lipinski definition) is 0. The average Bonchev–Trinajstić information content (AvgIpc) is 3.29. The summed E-state index contributed by atoms with van der Waals surface area (Å²) >= 11 is 0. The maximum Gasteiger partial charge on any atom is 0.203 e. The van der Waals surface area contributed by atoms with Gasteiger partial charge in [-0.2, -0.15) is 0 Å². The molecule has 1 aromatic heterocycles. The highest BCUT2D eigenvalue weighted by molar-refractivity contribution is 5.68. The van der Waals surface area contributed by atoms with Crippen LogP contribution >= 0.6 is 0 Å². The van der Waals surface area contributed by atoms with Crippen molar-refractivity contribution >= 4 is 0 Å². The summed E-state index contributed by atoms with van der Waals surface area (Å²) in [5.74, 6) is 1.66. The Morgan fingerprint density at radius 2 is 1.28 bits per heavy atom. The molecule has 4 aromatic rings. The zero-order valence-corrected chi connectivity index (χ0v) is 16.5. The van der Waals surface area contributed by atoms with E-state index in [1.807, 2.05) is 48.7 Å². The minimum atomic E-state index is 0.538. The molecule has 1 heterocycles. The Labute approximate surface area is 169 Å². The van der Waals surface area contributed by atoms with E-state index in [1.165, 1.54) is 5.56 Å². The summed E-state index contributed by atoms with van der Waals surface area (Å²) in [7, 11) is 4.75. The maximum absolute atomic E-state index is 5.42. The summed E-state index contributed by atoms with van der Waals surface area (Å²) in [5, 5.41) is 8.58. The van der Waals surface area contributed by atoms with Gasteiger partial charge >= 0.3 is 0 Å². The maximum atomic E-state index is 5.42. The van der Waals surface area contributed by atoms with Crippen molar-refractivity contribution in [3.8, 4) is 45.3 Å². The topological polar surface area (TPSA) is 58.4 Å². The number of methoxy groups -OCH3 is 3. The van der Waals surface area contributed by atoms with Crippen molar-refractivity contribution in [1.82, 2.24) is 15.0 Å². The lowest BCUT2D eigenvalue weighted by molar-refractivity contribution is 0.324. The van der Waals surface area contributed by atoms with E-state index < -0.39 is 0 Å². The molecule has 6 heteroatoms. The highest BCUT2D eigenvalue weighted by Crippen LogP contribution is 2.39. The monoisotopic (exact) mass is 387 g/mol. The normalized spacial score (nSPS) is 10.6. The van der Waals surface area contributed by atoms with Crippen LogP contribution in [0.15, 0.2) is 72.9 Å². The predicted octanol–water partition coefficient (Wildman–Crippen LogP) is 4.63. The molecule has 0 aliphatic carbocycles. The van der Waals surface area contributed by atoms with Crippen LogP contribution in [0.4, 0.5) is 0 Å². The number of hydrogen-bond acceptors (Lipinski definition) is 5. The summed E-state index contributed by atoms with van der Waals surface area (Å²) in [6.07, 6.45) is 1.87. The molecule has 0 amide bonds. The van der Waals surface area contributed by atoms with E-state index in [4.69, 9.17) is 14.2 Å². The van der Waals surface area contributed by atoms with E-state index >= 15 is 0 Å². The van der Waals surface area contributed by atoms with E-state index in [0.717, 1.165) is 22.5 Å². The molecule has 0 saturated carbocycles. The molecule has 0 radical (unpaired) electrons. The van der Waals surface area contributed by atoms with Crippen molar-refractivity contribution in [1.29, 1.82) is 0 Å². The number of nitrogens with zero attached hydrogens (tertiary/aromatic N) is 3. The van der Waals surface area contributed by atoms with Crippen LogP contribution in [0.1, 0.15) is 0 Å². The lowest BCUT2D eigenvalue weighted by atomic mass is 10.0. The lowest BCUT2D eigenvalue weighted by Crippen LogP contribution is -2.00. The predicted molar refractivity (Wildman–Crippen MR) is 112 cm³/mol. The van der Waals surface area contributed by atoms with Crippen molar-refractivity contribution in [2.24, 2.45) is 0 Å². The van der Waals surface area contributed by atoms with Gasteiger partial charge < -0.3 is 14.2 Å². The van der Waals surface area contributed by atoms with Gasteiger partial charge in [0, 0.05) is 17.7 Å². The van der Waals surface area contributed by atoms with Gasteiger partial charge in [-0.15, -0.1) is 5.10 Å². The SMILES string of the molecule is COc1cc(-n2cc(-c3ccc(-c4ccccc4)cc3)nn2)cc(OC)c1OC. The third-order valence-electron chi connectivity index (χ3n) is 4.70. The van der Waals surface area contributed by atoms with Gasteiger partial charge in [-0.25, -0.2) is 4.68 Å². The summed E-state index contributed by atoms with van der Waals surface area (Å²) < 4.78 is 17.9. The molecule has 29 heavy (non-hydrogen) atoms. The molecule has 0 atom stereocenters. The Morgan fingerprint density at radius 3 is 1.86 bits per heavy atom. The Balaban J connectivity index is 1.65. The average molecular weight is 387 g/mol. The molecule has 0 aliphatic rings. The second-order valence-electron chi connectivity index (χ2n) is 6.38. The van der Waals surface area contributed by atoms with Gasteiger partial charge in [-0.05, 0) is 11.1 Å². The Kier molecular flexibility index (Phi) is 5.16. The Morgan fingerprint density at radius 1 is 0.690 bits per heavy atom. The van der Waals surface area contributed by atoms with Crippen LogP contribution in [-0.4, -0.2) is 36.3 Å². The minimum absolute atomic E-state index is 0.538. The standard InChI is InChI=1S/C23H21N3O3/c1-27-21-13-19(14-22(28-2)23(21)29-3)26-15-20(24-25-26)18-11-9-17(10-12-18)16-7-5-4-6-8-16/h4-15H,1-3H3. The largest absolute Gasteiger partial charge is 0.493 e. The van der Waals surface area contributed by atoms with Crippen LogP contribution in [0.3, 0.4) is 0 Å². The molecule has 6 nitrogen and oxygen atoms in total. The molecule has 0 bridgehead atoms. The number of ether oxygens (including phenoxy) is 3. The smallest absolute Gasteiger partial charge is 0.203 e. The third kappa shape index (κ3) is 3.65. The molecular formula is C23H21N3O3. The fourth-order valence-electron chi connectivity index (χ4n) is 3.19. The zero-order chi connectivity index (χ0) is 20.2. The van der Waals surface area contributed by atoms with Crippen molar-refractivity contribution in [3.63, 3.8) is 0 Å². The minimum Gasteiger partial charge on any atom is -0.493 e. The zero-order valence-electron chi connectivity index (χ0n) is 16.5. The summed E-state index contributed by atoms with van der Waals surface area (Å²) in [6.45, 7) is 0. The van der Waals surface area contributed by atoms with Crippen molar-refractivity contribution < 1.29 is 14.2 Å². The molecule has 0 aliphatic heterocycles. The summed E-state index contributed by atoms with van der Waals surface area (Å²) in [5.41, 5.74) is 4.87. The second kappa shape index (κ2) is 8.06. The Bertz CT molecular complexity index is 1080. The van der Waals surface area contributed by atoms with Gasteiger partial charge in [0.2, 0.25) is 5.75 Å². The van der Waals surface area contributed by atoms with Crippen LogP contribution in [-0.2, 0) is 0 Å². The van der Waals surface area contributed by atoms with Crippen molar-refractivity contribution in [2.75, 3.05) is 21.3 Å². The fourth-order valence-corrected chi connectivity index (χ4v) is 3.19. The first kappa shape index (κ1) is 18.6. The molecule has 0 spiro atoms. The molecule has 0 fully saturated rings. The molecule has 3 aromatic carbocycles. The van der Waals surface area contributed by atoms with E-state index in [1.54, 1.807) is 26.0 Å². The highest BCUT2D eigenvalue weighted by Gasteiger charge is 2.15. The van der Waals surface area contributed by atoms with Crippen LogP contribution in [0.25, 0.3) is 28.1 Å². The molecule has 146 valence electrons. The quantitative estimate of drug-likeness (QED) is 0.483. The van der Waals surface area contributed by atoms with Gasteiger partial charge in [0.05, 0.1) is 33.2 Å². The van der Waals surface area contributed by atoms with Gasteiger partial charge in [0.15, 0.2) is 11.5 Å². The van der Waals surface area contributed by atoms with E-state index in [9.17, 15) is 0 Å².